The molecule has 3 aromatic rings. The molecule has 0 spiro atoms. The molecule has 90 valence electrons. The number of rotatable bonds is 2. The molecular weight excluding hydrogens is 231 g/mol. The minimum atomic E-state index is -0.339. The van der Waals surface area contributed by atoms with Crippen LogP contribution in [0, 0.1) is 5.82 Å². The van der Waals surface area contributed by atoms with Gasteiger partial charge in [0.2, 0.25) is 0 Å². The van der Waals surface area contributed by atoms with E-state index in [0.29, 0.717) is 30.0 Å². The van der Waals surface area contributed by atoms with Crippen LogP contribution in [0.3, 0.4) is 0 Å². The third-order valence-electron chi connectivity index (χ3n) is 2.76. The van der Waals surface area contributed by atoms with Gasteiger partial charge in [-0.3, -0.25) is 0 Å². The first-order valence-electron chi connectivity index (χ1n) is 5.69. The number of benzene rings is 1. The van der Waals surface area contributed by atoms with Crippen LogP contribution in [0.5, 0.6) is 0 Å². The second-order valence-electron chi connectivity index (χ2n) is 4.04. The summed E-state index contributed by atoms with van der Waals surface area (Å²) in [7, 11) is 0. The van der Waals surface area contributed by atoms with Crippen molar-refractivity contribution in [1.82, 2.24) is 15.0 Å². The second kappa shape index (κ2) is 4.27. The zero-order valence-corrected chi connectivity index (χ0v) is 9.60. The van der Waals surface area contributed by atoms with Crippen molar-refractivity contribution in [3.8, 4) is 0 Å². The number of hydrogen-bond acceptors (Lipinski definition) is 4. The largest absolute Gasteiger partial charge is 0.330 e. The van der Waals surface area contributed by atoms with Gasteiger partial charge in [0.25, 0.3) is 0 Å². The molecule has 3 rings (SSSR count). The van der Waals surface area contributed by atoms with Crippen molar-refractivity contribution >= 4 is 21.9 Å². The van der Waals surface area contributed by atoms with Crippen LogP contribution >= 0.6 is 0 Å². The lowest BCUT2D eigenvalue weighted by Crippen LogP contribution is -2.06. The number of hydrogen-bond donors (Lipinski definition) is 1. The molecule has 18 heavy (non-hydrogen) atoms. The molecule has 0 aliphatic rings. The van der Waals surface area contributed by atoms with Crippen LogP contribution in [-0.4, -0.2) is 21.5 Å². The molecule has 0 saturated heterocycles. The van der Waals surface area contributed by atoms with Gasteiger partial charge < -0.3 is 5.73 Å². The Morgan fingerprint density at radius 2 is 2.06 bits per heavy atom. The number of fused-ring (bicyclic) bond motifs is 2. The van der Waals surface area contributed by atoms with Gasteiger partial charge in [-0.25, -0.2) is 19.3 Å². The number of nitrogens with two attached hydrogens (primary N) is 1. The highest BCUT2D eigenvalue weighted by Crippen LogP contribution is 2.20. The number of pyridine rings is 1. The zero-order chi connectivity index (χ0) is 12.5. The van der Waals surface area contributed by atoms with E-state index in [1.807, 2.05) is 12.1 Å². The summed E-state index contributed by atoms with van der Waals surface area (Å²) in [5.41, 5.74) is 6.30. The topological polar surface area (TPSA) is 64.7 Å². The molecule has 1 aromatic carbocycles. The summed E-state index contributed by atoms with van der Waals surface area (Å²) in [5.74, 6) is 0.293. The van der Waals surface area contributed by atoms with Crippen LogP contribution in [0.25, 0.3) is 21.9 Å². The van der Waals surface area contributed by atoms with Crippen molar-refractivity contribution in [1.29, 1.82) is 0 Å². The summed E-state index contributed by atoms with van der Waals surface area (Å²) in [6.07, 6.45) is 2.29. The van der Waals surface area contributed by atoms with Gasteiger partial charge in [0, 0.05) is 23.4 Å². The molecule has 0 saturated carbocycles. The molecule has 0 aliphatic carbocycles. The molecular formula is C13H11FN4. The van der Waals surface area contributed by atoms with Crippen LogP contribution in [-0.2, 0) is 6.42 Å². The van der Waals surface area contributed by atoms with Crippen LogP contribution < -0.4 is 5.73 Å². The first-order chi connectivity index (χ1) is 8.78. The van der Waals surface area contributed by atoms with Crippen molar-refractivity contribution in [3.05, 3.63) is 42.1 Å². The van der Waals surface area contributed by atoms with E-state index in [1.54, 1.807) is 12.3 Å². The SMILES string of the molecule is NCCc1ncc2cc3cccc(F)c3nc2n1. The average Bonchev–Trinajstić information content (AvgIpc) is 2.38. The molecule has 5 heteroatoms. The Morgan fingerprint density at radius 3 is 2.89 bits per heavy atom. The van der Waals surface area contributed by atoms with Gasteiger partial charge in [0.05, 0.1) is 0 Å². The minimum Gasteiger partial charge on any atom is -0.330 e. The molecule has 2 aromatic heterocycles. The molecule has 4 nitrogen and oxygen atoms in total. The highest BCUT2D eigenvalue weighted by molar-refractivity contribution is 5.90. The highest BCUT2D eigenvalue weighted by atomic mass is 19.1. The molecule has 0 fully saturated rings. The Kier molecular flexibility index (Phi) is 2.60. The highest BCUT2D eigenvalue weighted by Gasteiger charge is 2.06. The molecule has 0 unspecified atom stereocenters. The predicted molar refractivity (Wildman–Crippen MR) is 67.6 cm³/mol. The maximum Gasteiger partial charge on any atom is 0.163 e. The van der Waals surface area contributed by atoms with Gasteiger partial charge >= 0.3 is 0 Å². The Balaban J connectivity index is 2.28. The van der Waals surface area contributed by atoms with Crippen molar-refractivity contribution in [2.24, 2.45) is 5.73 Å². The number of halogens is 1. The third kappa shape index (κ3) is 1.78. The van der Waals surface area contributed by atoms with Crippen LogP contribution in [0.1, 0.15) is 5.82 Å². The summed E-state index contributed by atoms with van der Waals surface area (Å²) in [6, 6.07) is 6.71. The summed E-state index contributed by atoms with van der Waals surface area (Å²) < 4.78 is 13.6. The minimum absolute atomic E-state index is 0.336. The lowest BCUT2D eigenvalue weighted by Gasteiger charge is -2.03. The Bertz CT molecular complexity index is 727. The molecule has 0 amide bonds. The van der Waals surface area contributed by atoms with Crippen LogP contribution in [0.4, 0.5) is 4.39 Å². The van der Waals surface area contributed by atoms with E-state index in [-0.39, 0.29) is 5.82 Å². The molecule has 0 atom stereocenters. The smallest absolute Gasteiger partial charge is 0.163 e. The van der Waals surface area contributed by atoms with E-state index < -0.39 is 0 Å². The fourth-order valence-corrected chi connectivity index (χ4v) is 1.90. The van der Waals surface area contributed by atoms with Crippen molar-refractivity contribution in [3.63, 3.8) is 0 Å². The number of para-hydroxylation sites is 1. The Labute approximate surface area is 103 Å². The van der Waals surface area contributed by atoms with E-state index in [1.165, 1.54) is 6.07 Å². The molecule has 2 heterocycles. The van der Waals surface area contributed by atoms with Gasteiger partial charge in [-0.2, -0.15) is 0 Å². The molecule has 0 radical (unpaired) electrons. The fourth-order valence-electron chi connectivity index (χ4n) is 1.90. The van der Waals surface area contributed by atoms with E-state index in [0.717, 1.165) is 10.8 Å². The van der Waals surface area contributed by atoms with E-state index in [4.69, 9.17) is 5.73 Å². The van der Waals surface area contributed by atoms with Gasteiger partial charge in [-0.05, 0) is 18.7 Å². The van der Waals surface area contributed by atoms with Crippen LogP contribution in [0.2, 0.25) is 0 Å². The van der Waals surface area contributed by atoms with Gasteiger partial charge in [0.15, 0.2) is 5.65 Å². The predicted octanol–water partition coefficient (Wildman–Crippen LogP) is 1.82. The quantitative estimate of drug-likeness (QED) is 0.696. The molecule has 2 N–H and O–H groups in total. The van der Waals surface area contributed by atoms with E-state index in [9.17, 15) is 4.39 Å². The maximum absolute atomic E-state index is 13.6. The summed E-state index contributed by atoms with van der Waals surface area (Å²) >= 11 is 0. The van der Waals surface area contributed by atoms with E-state index >= 15 is 0 Å². The lowest BCUT2D eigenvalue weighted by molar-refractivity contribution is 0.637. The summed E-state index contributed by atoms with van der Waals surface area (Å²) in [6.45, 7) is 0.480. The zero-order valence-electron chi connectivity index (χ0n) is 9.60. The Morgan fingerprint density at radius 1 is 1.17 bits per heavy atom. The number of aromatic nitrogens is 3. The fraction of sp³-hybridized carbons (Fsp3) is 0.154. The van der Waals surface area contributed by atoms with Crippen LogP contribution in [0.15, 0.2) is 30.5 Å². The van der Waals surface area contributed by atoms with Crippen molar-refractivity contribution in [2.45, 2.75) is 6.42 Å². The number of nitrogens with zero attached hydrogens (tertiary/aromatic N) is 3. The normalized spacial score (nSPS) is 11.2. The summed E-state index contributed by atoms with van der Waals surface area (Å²) in [4.78, 5) is 12.7. The van der Waals surface area contributed by atoms with Gasteiger partial charge in [0.1, 0.15) is 17.2 Å². The lowest BCUT2D eigenvalue weighted by atomic mass is 10.2. The molecule has 0 bridgehead atoms. The van der Waals surface area contributed by atoms with Crippen molar-refractivity contribution < 1.29 is 4.39 Å². The van der Waals surface area contributed by atoms with Crippen molar-refractivity contribution in [2.75, 3.05) is 6.54 Å². The van der Waals surface area contributed by atoms with Gasteiger partial charge in [-0.1, -0.05) is 12.1 Å². The second-order valence-corrected chi connectivity index (χ2v) is 4.04. The first kappa shape index (κ1) is 11.0. The third-order valence-corrected chi connectivity index (χ3v) is 2.76. The monoisotopic (exact) mass is 242 g/mol. The van der Waals surface area contributed by atoms with Gasteiger partial charge in [-0.15, -0.1) is 0 Å². The summed E-state index contributed by atoms with van der Waals surface area (Å²) in [5, 5.41) is 1.55. The average molecular weight is 242 g/mol. The standard InChI is InChI=1S/C13H11FN4/c14-10-3-1-2-8-6-9-7-16-11(4-5-15)17-13(9)18-12(8)10/h1-3,6-7H,4-5,15H2. The Hall–Kier alpha value is -2.14. The first-order valence-corrected chi connectivity index (χ1v) is 5.69. The van der Waals surface area contributed by atoms with E-state index in [2.05, 4.69) is 15.0 Å². The maximum atomic E-state index is 13.6. The molecule has 0 aliphatic heterocycles.